The molecule has 1 fully saturated rings. The average molecular weight is 361 g/mol. The van der Waals surface area contributed by atoms with Crippen LogP contribution >= 0.6 is 0 Å². The van der Waals surface area contributed by atoms with Crippen LogP contribution in [0.5, 0.6) is 0 Å². The number of nitrogens with two attached hydrogens (primary N) is 1. The molecule has 3 rings (SSSR count). The van der Waals surface area contributed by atoms with E-state index in [0.29, 0.717) is 36.8 Å². The minimum absolute atomic E-state index is 0.0793. The largest absolute Gasteiger partial charge is 0.477 e. The van der Waals surface area contributed by atoms with Gasteiger partial charge in [0.25, 0.3) is 0 Å². The molecule has 1 atom stereocenters. The van der Waals surface area contributed by atoms with Gasteiger partial charge in [-0.15, -0.1) is 0 Å². The third-order valence-electron chi connectivity index (χ3n) is 4.99. The van der Waals surface area contributed by atoms with E-state index in [1.54, 1.807) is 10.6 Å². The summed E-state index contributed by atoms with van der Waals surface area (Å²) in [6, 6.07) is 2.82. The third-order valence-corrected chi connectivity index (χ3v) is 4.99. The number of rotatable bonds is 3. The molecule has 1 aromatic heterocycles. The molecule has 2 heterocycles. The molecular formula is C19H24FN3O3. The zero-order valence-electron chi connectivity index (χ0n) is 15.3. The van der Waals surface area contributed by atoms with Gasteiger partial charge < -0.3 is 20.3 Å². The van der Waals surface area contributed by atoms with Crippen LogP contribution in [0.3, 0.4) is 0 Å². The Bertz CT molecular complexity index is 930. The van der Waals surface area contributed by atoms with E-state index in [1.165, 1.54) is 6.20 Å². The average Bonchev–Trinajstić information content (AvgIpc) is 3.02. The Labute approximate surface area is 151 Å². The molecule has 1 aromatic carbocycles. The smallest absolute Gasteiger partial charge is 0.341 e. The van der Waals surface area contributed by atoms with E-state index < -0.39 is 22.8 Å². The van der Waals surface area contributed by atoms with Crippen molar-refractivity contribution in [3.05, 3.63) is 39.9 Å². The number of carboxylic acids is 1. The summed E-state index contributed by atoms with van der Waals surface area (Å²) >= 11 is 0. The second-order valence-corrected chi connectivity index (χ2v) is 7.88. The molecule has 1 unspecified atom stereocenters. The van der Waals surface area contributed by atoms with E-state index in [9.17, 15) is 19.1 Å². The fourth-order valence-corrected chi connectivity index (χ4v) is 3.53. The Kier molecular flexibility index (Phi) is 4.52. The van der Waals surface area contributed by atoms with Crippen LogP contribution in [0, 0.1) is 11.7 Å². The van der Waals surface area contributed by atoms with Gasteiger partial charge in [-0.25, -0.2) is 9.18 Å². The van der Waals surface area contributed by atoms with E-state index in [-0.39, 0.29) is 10.9 Å². The summed E-state index contributed by atoms with van der Waals surface area (Å²) in [6.45, 7) is 7.66. The maximum Gasteiger partial charge on any atom is 0.341 e. The molecule has 0 bridgehead atoms. The number of pyridine rings is 1. The van der Waals surface area contributed by atoms with E-state index in [1.807, 2.05) is 25.7 Å². The van der Waals surface area contributed by atoms with Crippen molar-refractivity contribution in [1.82, 2.24) is 4.57 Å². The third kappa shape index (κ3) is 3.07. The van der Waals surface area contributed by atoms with Crippen LogP contribution in [-0.2, 0) is 5.54 Å². The van der Waals surface area contributed by atoms with Gasteiger partial charge in [0, 0.05) is 30.2 Å². The predicted molar refractivity (Wildman–Crippen MR) is 99.5 cm³/mol. The summed E-state index contributed by atoms with van der Waals surface area (Å²) in [4.78, 5) is 25.9. The first-order valence-corrected chi connectivity index (χ1v) is 8.71. The Morgan fingerprint density at radius 3 is 2.62 bits per heavy atom. The molecule has 2 aromatic rings. The van der Waals surface area contributed by atoms with E-state index in [0.717, 1.165) is 12.5 Å². The highest BCUT2D eigenvalue weighted by Crippen LogP contribution is 2.31. The molecule has 140 valence electrons. The van der Waals surface area contributed by atoms with E-state index >= 15 is 0 Å². The minimum atomic E-state index is -1.32. The Morgan fingerprint density at radius 1 is 1.38 bits per heavy atom. The van der Waals surface area contributed by atoms with Gasteiger partial charge in [0.15, 0.2) is 0 Å². The highest BCUT2D eigenvalue weighted by Gasteiger charge is 2.26. The van der Waals surface area contributed by atoms with Crippen LogP contribution in [0.1, 0.15) is 37.6 Å². The number of benzene rings is 1. The minimum Gasteiger partial charge on any atom is -0.477 e. The molecule has 0 spiro atoms. The molecule has 6 nitrogen and oxygen atoms in total. The Balaban J connectivity index is 2.27. The summed E-state index contributed by atoms with van der Waals surface area (Å²) in [5, 5.41) is 9.42. The second kappa shape index (κ2) is 6.39. The molecular weight excluding hydrogens is 337 g/mol. The number of halogens is 1. The number of carbonyl (C=O) groups is 1. The number of aromatic nitrogens is 1. The first-order chi connectivity index (χ1) is 12.1. The quantitative estimate of drug-likeness (QED) is 0.876. The van der Waals surface area contributed by atoms with Gasteiger partial charge in [0.1, 0.15) is 11.4 Å². The van der Waals surface area contributed by atoms with Gasteiger partial charge in [-0.05, 0) is 51.8 Å². The molecule has 0 saturated carbocycles. The first kappa shape index (κ1) is 18.4. The van der Waals surface area contributed by atoms with Gasteiger partial charge in [0.2, 0.25) is 5.43 Å². The molecule has 3 N–H and O–H groups in total. The Morgan fingerprint density at radius 2 is 2.08 bits per heavy atom. The van der Waals surface area contributed by atoms with Crippen LogP contribution in [0.15, 0.2) is 23.1 Å². The molecule has 0 radical (unpaired) electrons. The van der Waals surface area contributed by atoms with Crippen molar-refractivity contribution in [3.63, 3.8) is 0 Å². The number of fused-ring (bicyclic) bond motifs is 1. The van der Waals surface area contributed by atoms with Crippen LogP contribution in [0.4, 0.5) is 10.1 Å². The summed E-state index contributed by atoms with van der Waals surface area (Å²) in [5.41, 5.74) is 5.18. The molecule has 1 aliphatic heterocycles. The van der Waals surface area contributed by atoms with Crippen molar-refractivity contribution in [2.45, 2.75) is 32.7 Å². The highest BCUT2D eigenvalue weighted by atomic mass is 19.1. The number of nitrogens with zero attached hydrogens (tertiary/aromatic N) is 2. The molecule has 1 aliphatic rings. The normalized spacial score (nSPS) is 17.9. The number of carboxylic acid groups (broad SMARTS) is 1. The van der Waals surface area contributed by atoms with Crippen LogP contribution in [0.25, 0.3) is 10.9 Å². The summed E-state index contributed by atoms with van der Waals surface area (Å²) in [5.74, 6) is -1.51. The maximum atomic E-state index is 14.8. The number of hydrogen-bond donors (Lipinski definition) is 2. The van der Waals surface area contributed by atoms with Crippen LogP contribution < -0.4 is 16.1 Å². The highest BCUT2D eigenvalue weighted by molar-refractivity contribution is 5.93. The van der Waals surface area contributed by atoms with E-state index in [4.69, 9.17) is 5.73 Å². The van der Waals surface area contributed by atoms with Crippen LogP contribution in [-0.4, -0.2) is 35.3 Å². The standard InChI is InChI=1S/C19H24FN3O3/c1-19(2,3)23-10-13(18(25)26)17(24)12-6-14(20)16(7-15(12)23)22-5-4-11(8-21)9-22/h6-7,10-11H,4-5,8-9,21H2,1-3H3,(H,25,26). The van der Waals surface area contributed by atoms with Crippen molar-refractivity contribution in [3.8, 4) is 0 Å². The summed E-state index contributed by atoms with van der Waals surface area (Å²) in [7, 11) is 0. The lowest BCUT2D eigenvalue weighted by molar-refractivity contribution is 0.0694. The van der Waals surface area contributed by atoms with Gasteiger partial charge in [0.05, 0.1) is 11.2 Å². The number of anilines is 1. The van der Waals surface area contributed by atoms with Gasteiger partial charge >= 0.3 is 5.97 Å². The summed E-state index contributed by atoms with van der Waals surface area (Å²) in [6.07, 6.45) is 2.25. The van der Waals surface area contributed by atoms with E-state index in [2.05, 4.69) is 0 Å². The lowest BCUT2D eigenvalue weighted by Crippen LogP contribution is -2.28. The zero-order chi connectivity index (χ0) is 19.2. The lowest BCUT2D eigenvalue weighted by Gasteiger charge is -2.27. The van der Waals surface area contributed by atoms with Crippen molar-refractivity contribution in [2.75, 3.05) is 24.5 Å². The van der Waals surface area contributed by atoms with Crippen molar-refractivity contribution < 1.29 is 14.3 Å². The lowest BCUT2D eigenvalue weighted by atomic mass is 10.0. The van der Waals surface area contributed by atoms with Gasteiger partial charge in [-0.3, -0.25) is 4.79 Å². The van der Waals surface area contributed by atoms with Gasteiger partial charge in [-0.1, -0.05) is 0 Å². The Hall–Kier alpha value is -2.41. The molecule has 0 aliphatic carbocycles. The van der Waals surface area contributed by atoms with Crippen LogP contribution in [0.2, 0.25) is 0 Å². The van der Waals surface area contributed by atoms with Crippen molar-refractivity contribution >= 4 is 22.6 Å². The topological polar surface area (TPSA) is 88.6 Å². The fraction of sp³-hybridized carbons (Fsp3) is 0.474. The zero-order valence-corrected chi connectivity index (χ0v) is 15.3. The molecule has 26 heavy (non-hydrogen) atoms. The first-order valence-electron chi connectivity index (χ1n) is 8.71. The second-order valence-electron chi connectivity index (χ2n) is 7.88. The number of hydrogen-bond acceptors (Lipinski definition) is 4. The molecule has 0 amide bonds. The maximum absolute atomic E-state index is 14.8. The predicted octanol–water partition coefficient (Wildman–Crippen LogP) is 2.38. The van der Waals surface area contributed by atoms with Crippen molar-refractivity contribution in [2.24, 2.45) is 11.7 Å². The SMILES string of the molecule is CC(C)(C)n1cc(C(=O)O)c(=O)c2cc(F)c(N3CCC(CN)C3)cc21. The van der Waals surface area contributed by atoms with Crippen molar-refractivity contribution in [1.29, 1.82) is 0 Å². The number of aromatic carboxylic acids is 1. The monoisotopic (exact) mass is 361 g/mol. The summed E-state index contributed by atoms with van der Waals surface area (Å²) < 4.78 is 16.5. The fourth-order valence-electron chi connectivity index (χ4n) is 3.53. The van der Waals surface area contributed by atoms with Gasteiger partial charge in [-0.2, -0.15) is 0 Å². The molecule has 1 saturated heterocycles. The molecule has 7 heteroatoms.